The molecule has 0 radical (unpaired) electrons. The van der Waals surface area contributed by atoms with E-state index in [4.69, 9.17) is 9.47 Å². The number of nitrogens with zero attached hydrogens (tertiary/aromatic N) is 9. The lowest BCUT2D eigenvalue weighted by Gasteiger charge is -2.26. The Hall–Kier alpha value is -5.15. The molecule has 0 aliphatic carbocycles. The van der Waals surface area contributed by atoms with Gasteiger partial charge in [-0.1, -0.05) is 0 Å². The molecule has 0 bridgehead atoms. The van der Waals surface area contributed by atoms with E-state index >= 15 is 0 Å². The van der Waals surface area contributed by atoms with Gasteiger partial charge in [0, 0.05) is 127 Å². The van der Waals surface area contributed by atoms with Crippen molar-refractivity contribution in [3.05, 3.63) is 72.6 Å². The van der Waals surface area contributed by atoms with Gasteiger partial charge in [-0.3, -0.25) is 29.0 Å². The Morgan fingerprint density at radius 3 is 1.60 bits per heavy atom. The minimum atomic E-state index is -0.440. The van der Waals surface area contributed by atoms with Gasteiger partial charge in [0.1, 0.15) is 16.9 Å². The zero-order valence-electron chi connectivity index (χ0n) is 34.6. The number of nitrogens with one attached hydrogen (secondary N) is 1. The lowest BCUT2D eigenvalue weighted by molar-refractivity contribution is 0.0267. The van der Waals surface area contributed by atoms with Crippen LogP contribution in [0.25, 0.3) is 22.5 Å². The first-order valence-electron chi connectivity index (χ1n) is 19.8. The summed E-state index contributed by atoms with van der Waals surface area (Å²) in [6.45, 7) is 19.7. The van der Waals surface area contributed by atoms with Crippen LogP contribution in [0.1, 0.15) is 57.5 Å². The molecule has 0 aromatic carbocycles. The Morgan fingerprint density at radius 2 is 1.12 bits per heavy atom. The van der Waals surface area contributed by atoms with Gasteiger partial charge in [0.2, 0.25) is 0 Å². The molecule has 4 aromatic rings. The highest BCUT2D eigenvalue weighted by Crippen LogP contribution is 2.34. The summed E-state index contributed by atoms with van der Waals surface area (Å²) in [6.07, 6.45) is 11.2. The first-order valence-corrected chi connectivity index (χ1v) is 19.8. The molecular formula is C42H58N10O5. The molecule has 0 spiro atoms. The highest BCUT2D eigenvalue weighted by atomic mass is 16.6. The zero-order chi connectivity index (χ0) is 40.9. The van der Waals surface area contributed by atoms with Gasteiger partial charge in [-0.15, -0.1) is 0 Å². The number of rotatable bonds is 5. The number of ether oxygens (including phenoxy) is 2. The average Bonchev–Trinajstić information content (AvgIpc) is 3.99. The summed E-state index contributed by atoms with van der Waals surface area (Å²) < 4.78 is 14.4. The number of hydrogen-bond donors (Lipinski definition) is 1. The van der Waals surface area contributed by atoms with E-state index in [1.54, 1.807) is 42.7 Å². The molecule has 4 aromatic heterocycles. The van der Waals surface area contributed by atoms with Crippen LogP contribution in [0.5, 0.6) is 0 Å². The van der Waals surface area contributed by atoms with Crippen molar-refractivity contribution in [2.45, 2.75) is 59.3 Å². The molecule has 2 amide bonds. The molecule has 4 aliphatic rings. The number of aromatic nitrogens is 6. The maximum atomic E-state index is 12.3. The summed E-state index contributed by atoms with van der Waals surface area (Å²) in [5.74, 6) is 2.32. The summed E-state index contributed by atoms with van der Waals surface area (Å²) in [5.41, 5.74) is 4.74. The third kappa shape index (κ3) is 11.0. The van der Waals surface area contributed by atoms with Crippen molar-refractivity contribution in [2.24, 2.45) is 37.8 Å². The van der Waals surface area contributed by atoms with Crippen molar-refractivity contribution >= 4 is 18.5 Å². The van der Waals surface area contributed by atoms with E-state index < -0.39 is 5.60 Å². The minimum absolute atomic E-state index is 0.156. The number of carbonyl (C=O) groups is 3. The SMILES string of the molecule is CC(C)(C)OC(=O)N1CC2CNCC2C1.Cn1cc(C=O)c(-c2ccncc2)n1.Cn1cc(CN2CC3CN(C(=O)OC(C)(C)C)CC3C2)c(-c2ccncc2)n1. The lowest BCUT2D eigenvalue weighted by Crippen LogP contribution is -2.37. The first-order chi connectivity index (χ1) is 27.0. The molecular weight excluding hydrogens is 725 g/mol. The Kier molecular flexibility index (Phi) is 12.8. The van der Waals surface area contributed by atoms with Crippen molar-refractivity contribution in [2.75, 3.05) is 52.4 Å². The van der Waals surface area contributed by atoms with Gasteiger partial charge in [0.05, 0.1) is 11.3 Å². The third-order valence-corrected chi connectivity index (χ3v) is 10.4. The van der Waals surface area contributed by atoms with Crippen LogP contribution in [0.3, 0.4) is 0 Å². The number of carbonyl (C=O) groups excluding carboxylic acids is 3. The first kappa shape index (κ1) is 41.5. The van der Waals surface area contributed by atoms with Crippen LogP contribution in [0.15, 0.2) is 61.4 Å². The van der Waals surface area contributed by atoms with E-state index in [1.807, 2.05) is 87.3 Å². The molecule has 8 heterocycles. The van der Waals surface area contributed by atoms with E-state index in [9.17, 15) is 14.4 Å². The van der Waals surface area contributed by atoms with Crippen LogP contribution in [-0.2, 0) is 30.1 Å². The molecule has 4 fully saturated rings. The van der Waals surface area contributed by atoms with E-state index in [1.165, 1.54) is 5.56 Å². The Morgan fingerprint density at radius 1 is 0.684 bits per heavy atom. The van der Waals surface area contributed by atoms with Crippen LogP contribution in [0.2, 0.25) is 0 Å². The van der Waals surface area contributed by atoms with Crippen LogP contribution in [-0.4, -0.2) is 126 Å². The smallest absolute Gasteiger partial charge is 0.410 e. The van der Waals surface area contributed by atoms with E-state index in [2.05, 4.69) is 36.6 Å². The molecule has 8 rings (SSSR count). The highest BCUT2D eigenvalue weighted by molar-refractivity contribution is 5.85. The van der Waals surface area contributed by atoms with Gasteiger partial charge < -0.3 is 24.6 Å². The second kappa shape index (κ2) is 17.6. The van der Waals surface area contributed by atoms with E-state index in [0.29, 0.717) is 34.9 Å². The van der Waals surface area contributed by atoms with Crippen molar-refractivity contribution < 1.29 is 23.9 Å². The van der Waals surface area contributed by atoms with Crippen molar-refractivity contribution in [1.29, 1.82) is 0 Å². The molecule has 57 heavy (non-hydrogen) atoms. The number of fused-ring (bicyclic) bond motifs is 2. The summed E-state index contributed by atoms with van der Waals surface area (Å²) in [7, 11) is 3.75. The van der Waals surface area contributed by atoms with Gasteiger partial charge in [-0.05, 0) is 89.5 Å². The number of aryl methyl sites for hydroxylation is 2. The summed E-state index contributed by atoms with van der Waals surface area (Å²) >= 11 is 0. The highest BCUT2D eigenvalue weighted by Gasteiger charge is 2.43. The fraction of sp³-hybridized carbons (Fsp3) is 0.548. The second-order valence-electron chi connectivity index (χ2n) is 17.5. The topological polar surface area (TPSA) is 153 Å². The molecule has 4 unspecified atom stereocenters. The van der Waals surface area contributed by atoms with Gasteiger partial charge in [0.15, 0.2) is 6.29 Å². The van der Waals surface area contributed by atoms with Crippen LogP contribution < -0.4 is 5.32 Å². The molecule has 4 saturated heterocycles. The van der Waals surface area contributed by atoms with Crippen LogP contribution >= 0.6 is 0 Å². The number of hydrogen-bond acceptors (Lipinski definition) is 11. The normalized spacial score (nSPS) is 21.5. The van der Waals surface area contributed by atoms with E-state index in [-0.39, 0.29) is 17.8 Å². The predicted octanol–water partition coefficient (Wildman–Crippen LogP) is 5.15. The van der Waals surface area contributed by atoms with Gasteiger partial charge >= 0.3 is 12.2 Å². The molecule has 0 saturated carbocycles. The van der Waals surface area contributed by atoms with Crippen molar-refractivity contribution in [3.63, 3.8) is 0 Å². The molecule has 15 heteroatoms. The van der Waals surface area contributed by atoms with Gasteiger partial charge in [-0.25, -0.2) is 9.59 Å². The monoisotopic (exact) mass is 782 g/mol. The van der Waals surface area contributed by atoms with Crippen LogP contribution in [0.4, 0.5) is 9.59 Å². The minimum Gasteiger partial charge on any atom is -0.444 e. The Labute approximate surface area is 335 Å². The van der Waals surface area contributed by atoms with Gasteiger partial charge in [-0.2, -0.15) is 10.2 Å². The fourth-order valence-corrected chi connectivity index (χ4v) is 8.00. The number of likely N-dealkylation sites (tertiary alicyclic amines) is 3. The molecule has 4 atom stereocenters. The summed E-state index contributed by atoms with van der Waals surface area (Å²) in [6, 6.07) is 7.66. The molecule has 15 nitrogen and oxygen atoms in total. The maximum absolute atomic E-state index is 12.3. The quantitative estimate of drug-likeness (QED) is 0.268. The summed E-state index contributed by atoms with van der Waals surface area (Å²) in [5, 5.41) is 12.2. The Bertz CT molecular complexity index is 1940. The zero-order valence-corrected chi connectivity index (χ0v) is 34.6. The molecule has 4 aliphatic heterocycles. The predicted molar refractivity (Wildman–Crippen MR) is 216 cm³/mol. The second-order valence-corrected chi connectivity index (χ2v) is 17.5. The molecule has 306 valence electrons. The standard InChI is InChI=1S/C21H29N5O2.C11H20N2O2.C10H9N3O/c1-21(2,3)28-20(27)26-13-16-10-25(11-17(16)14-26)12-18-9-24(4)23-19(18)15-5-7-22-8-6-15;1-11(2,3)15-10(14)13-6-8-4-12-5-9(8)7-13;1-13-6-9(7-14)10(12-13)8-2-4-11-5-3-8/h5-9,16-17H,10-14H2,1-4H3;8-9,12H,4-7H2,1-3H3;2-7H,1H3. The fourth-order valence-electron chi connectivity index (χ4n) is 8.00. The molecule has 1 N–H and O–H groups in total. The summed E-state index contributed by atoms with van der Waals surface area (Å²) in [4.78, 5) is 49.1. The van der Waals surface area contributed by atoms with Crippen molar-refractivity contribution in [1.82, 2.24) is 49.5 Å². The lowest BCUT2D eigenvalue weighted by atomic mass is 10.0. The largest absolute Gasteiger partial charge is 0.444 e. The number of pyridine rings is 2. The van der Waals surface area contributed by atoms with E-state index in [0.717, 1.165) is 82.0 Å². The van der Waals surface area contributed by atoms with Gasteiger partial charge in [0.25, 0.3) is 0 Å². The Balaban J connectivity index is 0.000000159. The average molecular weight is 783 g/mol. The third-order valence-electron chi connectivity index (χ3n) is 10.4. The van der Waals surface area contributed by atoms with Crippen LogP contribution in [0, 0.1) is 23.7 Å². The number of aldehydes is 1. The maximum Gasteiger partial charge on any atom is 0.410 e. The van der Waals surface area contributed by atoms with Crippen molar-refractivity contribution in [3.8, 4) is 22.5 Å². The number of amides is 2.